The summed E-state index contributed by atoms with van der Waals surface area (Å²) in [5, 5.41) is 23.1. The van der Waals surface area contributed by atoms with E-state index < -0.39 is 12.1 Å². The average Bonchev–Trinajstić information content (AvgIpc) is 3.37. The molecule has 0 saturated heterocycles. The molecule has 1 amide bonds. The molecule has 0 saturated carbocycles. The average molecular weight is 999 g/mol. The van der Waals surface area contributed by atoms with E-state index in [-0.39, 0.29) is 18.5 Å². The number of ether oxygens (including phenoxy) is 1. The standard InChI is InChI=1S/C65H123NO5/c1-3-5-7-9-11-13-15-17-35-39-43-47-51-55-59-65(70)71-60-56-52-48-44-40-36-33-31-29-27-25-23-21-19-18-20-22-24-26-28-30-32-34-38-42-46-50-54-58-64(69)66-62(61-67)63(68)57-53-49-45-41-37-16-14-12-10-8-6-4-2/h15,17-19,53,57,62-63,67-68H,3-14,16,20-52,54-56,58-61H2,1-2H3,(H,66,69)/b17-15-,19-18-,57-53+. The van der Waals surface area contributed by atoms with Gasteiger partial charge in [0.05, 0.1) is 25.4 Å². The predicted octanol–water partition coefficient (Wildman–Crippen LogP) is 20.0. The number of allylic oxidation sites excluding steroid dienone is 5. The van der Waals surface area contributed by atoms with E-state index in [0.29, 0.717) is 19.4 Å². The Kier molecular flexibility index (Phi) is 59.0. The molecule has 0 radical (unpaired) electrons. The zero-order valence-corrected chi connectivity index (χ0v) is 47.7. The van der Waals surface area contributed by atoms with Crippen LogP contribution in [0.1, 0.15) is 341 Å². The van der Waals surface area contributed by atoms with Gasteiger partial charge >= 0.3 is 5.97 Å². The second-order valence-electron chi connectivity index (χ2n) is 21.7. The number of hydrogen-bond acceptors (Lipinski definition) is 5. The molecule has 71 heavy (non-hydrogen) atoms. The van der Waals surface area contributed by atoms with Crippen LogP contribution in [-0.4, -0.2) is 47.4 Å². The summed E-state index contributed by atoms with van der Waals surface area (Å²) < 4.78 is 5.48. The van der Waals surface area contributed by atoms with Gasteiger partial charge in [0, 0.05) is 12.8 Å². The van der Waals surface area contributed by atoms with Crippen LogP contribution in [0.15, 0.2) is 36.5 Å². The molecule has 0 aliphatic rings. The molecule has 0 aromatic rings. The molecule has 0 aliphatic carbocycles. The first kappa shape index (κ1) is 69.1. The molecule has 0 bridgehead atoms. The lowest BCUT2D eigenvalue weighted by molar-refractivity contribution is -0.143. The fourth-order valence-electron chi connectivity index (χ4n) is 9.74. The van der Waals surface area contributed by atoms with Gasteiger partial charge in [0.15, 0.2) is 0 Å². The minimum absolute atomic E-state index is 0.00683. The summed E-state index contributed by atoms with van der Waals surface area (Å²) in [6, 6.07) is -0.627. The van der Waals surface area contributed by atoms with Crippen molar-refractivity contribution in [3.8, 4) is 0 Å². The van der Waals surface area contributed by atoms with Gasteiger partial charge in [-0.05, 0) is 83.5 Å². The van der Waals surface area contributed by atoms with E-state index in [9.17, 15) is 19.8 Å². The van der Waals surface area contributed by atoms with E-state index in [1.807, 2.05) is 6.08 Å². The zero-order valence-electron chi connectivity index (χ0n) is 47.7. The van der Waals surface area contributed by atoms with Crippen molar-refractivity contribution in [3.05, 3.63) is 36.5 Å². The number of rotatable bonds is 59. The Hall–Kier alpha value is -1.92. The van der Waals surface area contributed by atoms with Crippen LogP contribution in [0.2, 0.25) is 0 Å². The molecular weight excluding hydrogens is 875 g/mol. The normalized spacial score (nSPS) is 12.8. The van der Waals surface area contributed by atoms with Gasteiger partial charge in [0.1, 0.15) is 0 Å². The third-order valence-corrected chi connectivity index (χ3v) is 14.6. The number of esters is 1. The Morgan fingerprint density at radius 3 is 1.00 bits per heavy atom. The molecule has 0 heterocycles. The maximum absolute atomic E-state index is 12.4. The van der Waals surface area contributed by atoms with Gasteiger partial charge in [-0.3, -0.25) is 9.59 Å². The Bertz CT molecular complexity index is 1150. The van der Waals surface area contributed by atoms with Gasteiger partial charge in [0.25, 0.3) is 0 Å². The van der Waals surface area contributed by atoms with Gasteiger partial charge in [-0.25, -0.2) is 0 Å². The summed E-state index contributed by atoms with van der Waals surface area (Å²) in [7, 11) is 0. The topological polar surface area (TPSA) is 95.9 Å². The smallest absolute Gasteiger partial charge is 0.305 e. The van der Waals surface area contributed by atoms with Crippen molar-refractivity contribution in [2.75, 3.05) is 13.2 Å². The second-order valence-corrected chi connectivity index (χ2v) is 21.7. The van der Waals surface area contributed by atoms with E-state index in [1.165, 1.54) is 270 Å². The van der Waals surface area contributed by atoms with Crippen LogP contribution >= 0.6 is 0 Å². The number of nitrogens with one attached hydrogen (secondary N) is 1. The fraction of sp³-hybridized carbons (Fsp3) is 0.877. The summed E-state index contributed by atoms with van der Waals surface area (Å²) in [6.07, 6.45) is 76.3. The number of carbonyl (C=O) groups is 2. The molecule has 3 N–H and O–H groups in total. The highest BCUT2D eigenvalue weighted by Crippen LogP contribution is 2.17. The van der Waals surface area contributed by atoms with Gasteiger partial charge < -0.3 is 20.3 Å². The van der Waals surface area contributed by atoms with Crippen LogP contribution in [0.25, 0.3) is 0 Å². The highest BCUT2D eigenvalue weighted by Gasteiger charge is 2.18. The Morgan fingerprint density at radius 1 is 0.380 bits per heavy atom. The van der Waals surface area contributed by atoms with Crippen molar-refractivity contribution in [2.24, 2.45) is 0 Å². The van der Waals surface area contributed by atoms with E-state index in [2.05, 4.69) is 43.5 Å². The largest absolute Gasteiger partial charge is 0.466 e. The van der Waals surface area contributed by atoms with E-state index in [4.69, 9.17) is 4.74 Å². The van der Waals surface area contributed by atoms with Crippen LogP contribution in [0.4, 0.5) is 0 Å². The SMILES string of the molecule is CCCCCCC/C=C\CCCCCCCC(=O)OCCCCCCCCCCCCCC/C=C\CCCCCCCCCCCCCCC(=O)NC(CO)C(O)/C=C/CCCCCCCCCCCC. The summed E-state index contributed by atoms with van der Waals surface area (Å²) >= 11 is 0. The van der Waals surface area contributed by atoms with E-state index in [0.717, 1.165) is 44.9 Å². The number of aliphatic hydroxyl groups is 2. The molecule has 418 valence electrons. The zero-order chi connectivity index (χ0) is 51.4. The fourth-order valence-corrected chi connectivity index (χ4v) is 9.74. The molecule has 0 fully saturated rings. The first-order valence-electron chi connectivity index (χ1n) is 31.8. The molecule has 2 unspecified atom stereocenters. The van der Waals surface area contributed by atoms with Crippen LogP contribution in [0.3, 0.4) is 0 Å². The Labute approximate surface area is 443 Å². The lowest BCUT2D eigenvalue weighted by Crippen LogP contribution is -2.45. The number of aliphatic hydroxyl groups excluding tert-OH is 2. The lowest BCUT2D eigenvalue weighted by Gasteiger charge is -2.20. The summed E-state index contributed by atoms with van der Waals surface area (Å²) in [6.45, 7) is 4.90. The molecule has 0 aromatic heterocycles. The van der Waals surface area contributed by atoms with Crippen molar-refractivity contribution in [1.82, 2.24) is 5.32 Å². The van der Waals surface area contributed by atoms with Crippen LogP contribution in [-0.2, 0) is 14.3 Å². The molecule has 2 atom stereocenters. The highest BCUT2D eigenvalue weighted by molar-refractivity contribution is 5.76. The first-order valence-corrected chi connectivity index (χ1v) is 31.8. The second kappa shape index (κ2) is 60.6. The van der Waals surface area contributed by atoms with Crippen molar-refractivity contribution >= 4 is 11.9 Å². The van der Waals surface area contributed by atoms with Crippen LogP contribution in [0.5, 0.6) is 0 Å². The predicted molar refractivity (Wildman–Crippen MR) is 310 cm³/mol. The van der Waals surface area contributed by atoms with Crippen LogP contribution in [0, 0.1) is 0 Å². The van der Waals surface area contributed by atoms with Crippen molar-refractivity contribution in [2.45, 2.75) is 353 Å². The quantitative estimate of drug-likeness (QED) is 0.0321. The lowest BCUT2D eigenvalue weighted by atomic mass is 10.0. The summed E-state index contributed by atoms with van der Waals surface area (Å²) in [5.41, 5.74) is 0. The minimum atomic E-state index is -0.843. The van der Waals surface area contributed by atoms with Gasteiger partial charge in [-0.2, -0.15) is 0 Å². The van der Waals surface area contributed by atoms with E-state index in [1.54, 1.807) is 6.08 Å². The Balaban J connectivity index is 3.38. The number of amides is 1. The highest BCUT2D eigenvalue weighted by atomic mass is 16.5. The maximum atomic E-state index is 12.4. The molecule has 6 heteroatoms. The molecular formula is C65H123NO5. The third-order valence-electron chi connectivity index (χ3n) is 14.6. The molecule has 0 aliphatic heterocycles. The number of unbranched alkanes of at least 4 members (excludes halogenated alkanes) is 44. The monoisotopic (exact) mass is 998 g/mol. The van der Waals surface area contributed by atoms with Crippen molar-refractivity contribution in [3.63, 3.8) is 0 Å². The summed E-state index contributed by atoms with van der Waals surface area (Å²) in [5.74, 6) is -0.0612. The van der Waals surface area contributed by atoms with Crippen molar-refractivity contribution < 1.29 is 24.5 Å². The molecule has 6 nitrogen and oxygen atoms in total. The van der Waals surface area contributed by atoms with Gasteiger partial charge in [-0.15, -0.1) is 0 Å². The van der Waals surface area contributed by atoms with Crippen molar-refractivity contribution in [1.29, 1.82) is 0 Å². The van der Waals surface area contributed by atoms with Gasteiger partial charge in [0.2, 0.25) is 5.91 Å². The van der Waals surface area contributed by atoms with Gasteiger partial charge in [-0.1, -0.05) is 281 Å². The van der Waals surface area contributed by atoms with E-state index >= 15 is 0 Å². The minimum Gasteiger partial charge on any atom is -0.466 e. The van der Waals surface area contributed by atoms with Crippen LogP contribution < -0.4 is 5.32 Å². The number of hydrogen-bond donors (Lipinski definition) is 3. The number of carbonyl (C=O) groups excluding carboxylic acids is 2. The molecule has 0 spiro atoms. The Morgan fingerprint density at radius 2 is 0.662 bits per heavy atom. The summed E-state index contributed by atoms with van der Waals surface area (Å²) in [4.78, 5) is 24.5. The first-order chi connectivity index (χ1) is 35.0. The third kappa shape index (κ3) is 57.2. The maximum Gasteiger partial charge on any atom is 0.305 e. The molecule has 0 rings (SSSR count). The molecule has 0 aromatic carbocycles.